The van der Waals surface area contributed by atoms with Crippen LogP contribution in [0.1, 0.15) is 37.0 Å². The number of nitrogens with zero attached hydrogens (tertiary/aromatic N) is 2. The predicted molar refractivity (Wildman–Crippen MR) is 125 cm³/mol. The zero-order valence-corrected chi connectivity index (χ0v) is 18.9. The van der Waals surface area contributed by atoms with Gasteiger partial charge in [0.2, 0.25) is 5.91 Å². The third kappa shape index (κ3) is 4.92. The van der Waals surface area contributed by atoms with Crippen molar-refractivity contribution >= 4 is 40.0 Å². The van der Waals surface area contributed by atoms with Gasteiger partial charge in [-0.1, -0.05) is 23.9 Å². The minimum absolute atomic E-state index is 0.0256. The van der Waals surface area contributed by atoms with E-state index in [4.69, 9.17) is 9.72 Å². The zero-order valence-electron chi connectivity index (χ0n) is 18.0. The van der Waals surface area contributed by atoms with E-state index < -0.39 is 5.25 Å². The molecule has 8 heteroatoms. The molecule has 0 bridgehead atoms. The monoisotopic (exact) mass is 451 g/mol. The van der Waals surface area contributed by atoms with Gasteiger partial charge in [-0.05, 0) is 56.2 Å². The molecule has 2 aromatic carbocycles. The summed E-state index contributed by atoms with van der Waals surface area (Å²) in [6.45, 7) is 4.37. The molecular weight excluding hydrogens is 426 g/mol. The summed E-state index contributed by atoms with van der Waals surface area (Å²) in [5.41, 5.74) is 1.67. The first-order valence-corrected chi connectivity index (χ1v) is 11.5. The number of aromatic nitrogens is 2. The maximum Gasteiger partial charge on any atom is 0.262 e. The molecule has 1 amide bonds. The van der Waals surface area contributed by atoms with Crippen molar-refractivity contribution < 1.29 is 14.3 Å². The van der Waals surface area contributed by atoms with Gasteiger partial charge in [-0.15, -0.1) is 0 Å². The first-order valence-electron chi connectivity index (χ1n) is 10.6. The van der Waals surface area contributed by atoms with Gasteiger partial charge in [0.15, 0.2) is 10.9 Å². The number of carbonyl (C=O) groups is 2. The lowest BCUT2D eigenvalue weighted by atomic mass is 10.1. The van der Waals surface area contributed by atoms with Gasteiger partial charge in [-0.3, -0.25) is 19.0 Å². The summed E-state index contributed by atoms with van der Waals surface area (Å²) in [5.74, 6) is -0.241. The van der Waals surface area contributed by atoms with Crippen LogP contribution in [0.5, 0.6) is 0 Å². The van der Waals surface area contributed by atoms with E-state index in [1.165, 1.54) is 18.7 Å². The molecular formula is C24H25N3O4S. The van der Waals surface area contributed by atoms with E-state index in [-0.39, 0.29) is 23.4 Å². The van der Waals surface area contributed by atoms with Crippen molar-refractivity contribution in [3.05, 3.63) is 64.4 Å². The number of ketones is 1. The average Bonchev–Trinajstić information content (AvgIpc) is 3.29. The highest BCUT2D eigenvalue weighted by Gasteiger charge is 2.23. The van der Waals surface area contributed by atoms with Crippen LogP contribution in [0.25, 0.3) is 10.9 Å². The molecule has 1 fully saturated rings. The third-order valence-electron chi connectivity index (χ3n) is 5.38. The van der Waals surface area contributed by atoms with Gasteiger partial charge in [-0.2, -0.15) is 0 Å². The zero-order chi connectivity index (χ0) is 22.7. The number of carbonyl (C=O) groups excluding carboxylic acids is 2. The molecule has 1 saturated heterocycles. The van der Waals surface area contributed by atoms with Crippen molar-refractivity contribution in [2.75, 3.05) is 11.9 Å². The summed E-state index contributed by atoms with van der Waals surface area (Å²) in [4.78, 5) is 42.2. The number of hydrogen-bond donors (Lipinski definition) is 1. The van der Waals surface area contributed by atoms with Crippen LogP contribution in [0.15, 0.2) is 58.5 Å². The molecule has 0 saturated carbocycles. The van der Waals surface area contributed by atoms with Crippen molar-refractivity contribution in [1.29, 1.82) is 0 Å². The quantitative estimate of drug-likeness (QED) is 0.333. The second-order valence-corrected chi connectivity index (χ2v) is 9.15. The van der Waals surface area contributed by atoms with Gasteiger partial charge in [0.1, 0.15) is 0 Å². The third-order valence-corrected chi connectivity index (χ3v) is 6.47. The van der Waals surface area contributed by atoms with Gasteiger partial charge >= 0.3 is 0 Å². The van der Waals surface area contributed by atoms with Crippen molar-refractivity contribution in [2.24, 2.45) is 0 Å². The molecule has 2 heterocycles. The largest absolute Gasteiger partial charge is 0.376 e. The Morgan fingerprint density at radius 1 is 1.22 bits per heavy atom. The lowest BCUT2D eigenvalue weighted by Gasteiger charge is -2.18. The van der Waals surface area contributed by atoms with E-state index in [0.717, 1.165) is 12.8 Å². The molecule has 1 aliphatic rings. The van der Waals surface area contributed by atoms with E-state index >= 15 is 0 Å². The highest BCUT2D eigenvalue weighted by atomic mass is 32.2. The molecule has 3 aromatic rings. The van der Waals surface area contributed by atoms with Crippen LogP contribution in [0.3, 0.4) is 0 Å². The van der Waals surface area contributed by atoms with Crippen molar-refractivity contribution in [1.82, 2.24) is 9.55 Å². The van der Waals surface area contributed by atoms with Crippen LogP contribution in [0.4, 0.5) is 5.69 Å². The lowest BCUT2D eigenvalue weighted by Crippen LogP contribution is -2.29. The van der Waals surface area contributed by atoms with Crippen LogP contribution >= 0.6 is 11.8 Å². The van der Waals surface area contributed by atoms with Crippen LogP contribution < -0.4 is 10.9 Å². The Morgan fingerprint density at radius 2 is 1.97 bits per heavy atom. The summed E-state index contributed by atoms with van der Waals surface area (Å²) < 4.78 is 7.39. The Labute approximate surface area is 190 Å². The van der Waals surface area contributed by atoms with E-state index in [1.807, 2.05) is 25.1 Å². The summed E-state index contributed by atoms with van der Waals surface area (Å²) >= 11 is 1.28. The number of amides is 1. The number of nitrogens with one attached hydrogen (secondary N) is 1. The normalized spacial score (nSPS) is 16.8. The molecule has 7 nitrogen and oxygen atoms in total. The van der Waals surface area contributed by atoms with Gasteiger partial charge < -0.3 is 10.1 Å². The summed E-state index contributed by atoms with van der Waals surface area (Å²) in [5, 5.41) is 3.31. The number of thioether (sulfide) groups is 1. The van der Waals surface area contributed by atoms with Gasteiger partial charge in [0, 0.05) is 24.8 Å². The highest BCUT2D eigenvalue weighted by molar-refractivity contribution is 8.00. The number of anilines is 1. The number of rotatable bonds is 7. The highest BCUT2D eigenvalue weighted by Crippen LogP contribution is 2.26. The van der Waals surface area contributed by atoms with E-state index in [9.17, 15) is 14.4 Å². The first-order chi connectivity index (χ1) is 15.4. The number of fused-ring (bicyclic) bond motifs is 1. The van der Waals surface area contributed by atoms with Crippen LogP contribution in [0, 0.1) is 0 Å². The molecule has 1 aliphatic heterocycles. The molecule has 2 atom stereocenters. The van der Waals surface area contributed by atoms with Crippen molar-refractivity contribution in [3.8, 4) is 0 Å². The Kier molecular flexibility index (Phi) is 6.72. The number of benzene rings is 2. The fourth-order valence-electron chi connectivity index (χ4n) is 3.76. The summed E-state index contributed by atoms with van der Waals surface area (Å²) in [7, 11) is 0. The molecule has 32 heavy (non-hydrogen) atoms. The first kappa shape index (κ1) is 22.2. The molecule has 4 rings (SSSR count). The van der Waals surface area contributed by atoms with Gasteiger partial charge in [0.05, 0.1) is 28.8 Å². The molecule has 0 spiro atoms. The number of Topliss-reactive ketones (excluding diaryl/α,β-unsaturated/α-hetero) is 1. The smallest absolute Gasteiger partial charge is 0.262 e. The Balaban J connectivity index is 1.61. The van der Waals surface area contributed by atoms with Crippen LogP contribution in [-0.4, -0.2) is 39.2 Å². The molecule has 166 valence electrons. The maximum atomic E-state index is 13.2. The molecule has 0 unspecified atom stereocenters. The summed E-state index contributed by atoms with van der Waals surface area (Å²) in [6.07, 6.45) is 1.85. The fourth-order valence-corrected chi connectivity index (χ4v) is 4.75. The lowest BCUT2D eigenvalue weighted by molar-refractivity contribution is -0.114. The maximum absolute atomic E-state index is 13.2. The number of hydrogen-bond acceptors (Lipinski definition) is 6. The molecule has 1 aromatic heterocycles. The standard InChI is InChI=1S/C24H25N3O4S/c1-15(22(29)17-9-11-18(12-10-17)25-16(2)28)32-24-26-21-8-4-3-7-20(21)23(30)27(24)14-19-6-5-13-31-19/h3-4,7-12,15,19H,5-6,13-14H2,1-2H3,(H,25,28)/t15-,19-/m0/s1. The predicted octanol–water partition coefficient (Wildman–Crippen LogP) is 3.90. The molecule has 1 N–H and O–H groups in total. The second-order valence-electron chi connectivity index (χ2n) is 7.85. The minimum atomic E-state index is -0.453. The second kappa shape index (κ2) is 9.67. The van der Waals surface area contributed by atoms with E-state index in [1.54, 1.807) is 34.9 Å². The van der Waals surface area contributed by atoms with E-state index in [0.29, 0.717) is 40.5 Å². The van der Waals surface area contributed by atoms with Crippen LogP contribution in [0.2, 0.25) is 0 Å². The number of para-hydroxylation sites is 1. The number of ether oxygens (including phenoxy) is 1. The van der Waals surface area contributed by atoms with Crippen molar-refractivity contribution in [2.45, 2.75) is 49.7 Å². The van der Waals surface area contributed by atoms with Crippen LogP contribution in [-0.2, 0) is 16.1 Å². The Hall–Kier alpha value is -2.97. The molecule has 0 radical (unpaired) electrons. The van der Waals surface area contributed by atoms with Gasteiger partial charge in [0.25, 0.3) is 5.56 Å². The van der Waals surface area contributed by atoms with Crippen molar-refractivity contribution in [3.63, 3.8) is 0 Å². The minimum Gasteiger partial charge on any atom is -0.376 e. The fraction of sp³-hybridized carbons (Fsp3) is 0.333. The molecule has 0 aliphatic carbocycles. The summed E-state index contributed by atoms with van der Waals surface area (Å²) in [6, 6.07) is 14.0. The topological polar surface area (TPSA) is 90.3 Å². The Bertz CT molecular complexity index is 1200. The SMILES string of the molecule is CC(=O)Nc1ccc(C(=O)[C@H](C)Sc2nc3ccccc3c(=O)n2C[C@@H]2CCCO2)cc1. The average molecular weight is 452 g/mol. The Morgan fingerprint density at radius 3 is 2.66 bits per heavy atom. The van der Waals surface area contributed by atoms with Gasteiger partial charge in [-0.25, -0.2) is 4.98 Å². The van der Waals surface area contributed by atoms with E-state index in [2.05, 4.69) is 5.32 Å².